The summed E-state index contributed by atoms with van der Waals surface area (Å²) in [6.07, 6.45) is 0. The fraction of sp³-hybridized carbons (Fsp3) is 0.308. The van der Waals surface area contributed by atoms with E-state index in [2.05, 4.69) is 5.32 Å². The van der Waals surface area contributed by atoms with Gasteiger partial charge in [0, 0.05) is 13.1 Å². The van der Waals surface area contributed by atoms with Gasteiger partial charge in [-0.05, 0) is 18.2 Å². The highest BCUT2D eigenvalue weighted by Crippen LogP contribution is 2.19. The standard InChI is InChI=1S/C13H11F2N3O3/c14-7-1-2-9(15)8(5-7)12(20)17-3-4-18-10(6-17)11(19)16-13(18)21/h1-2,5,10H,3-4,6H2,(H,16,19,21). The molecule has 1 aromatic rings. The van der Waals surface area contributed by atoms with Gasteiger partial charge in [-0.25, -0.2) is 13.6 Å². The Balaban J connectivity index is 1.82. The lowest BCUT2D eigenvalue weighted by atomic mass is 10.1. The molecule has 110 valence electrons. The summed E-state index contributed by atoms with van der Waals surface area (Å²) in [4.78, 5) is 37.9. The zero-order valence-corrected chi connectivity index (χ0v) is 10.8. The highest BCUT2D eigenvalue weighted by atomic mass is 19.1. The third kappa shape index (κ3) is 2.22. The van der Waals surface area contributed by atoms with Gasteiger partial charge in [0.05, 0.1) is 12.1 Å². The number of benzene rings is 1. The summed E-state index contributed by atoms with van der Waals surface area (Å²) in [5.74, 6) is -2.72. The quantitative estimate of drug-likeness (QED) is 0.760. The number of amides is 4. The third-order valence-corrected chi connectivity index (χ3v) is 3.62. The smallest absolute Gasteiger partial charge is 0.324 e. The molecule has 0 saturated carbocycles. The van der Waals surface area contributed by atoms with Crippen LogP contribution in [-0.2, 0) is 4.79 Å². The number of rotatable bonds is 1. The second-order valence-electron chi connectivity index (χ2n) is 4.88. The summed E-state index contributed by atoms with van der Waals surface area (Å²) in [5, 5.41) is 2.15. The number of piperazine rings is 1. The molecule has 0 radical (unpaired) electrons. The van der Waals surface area contributed by atoms with E-state index < -0.39 is 35.5 Å². The molecule has 1 atom stereocenters. The summed E-state index contributed by atoms with van der Waals surface area (Å²) < 4.78 is 26.8. The summed E-state index contributed by atoms with van der Waals surface area (Å²) in [6, 6.07) is 1.36. The molecule has 1 aromatic carbocycles. The predicted octanol–water partition coefficient (Wildman–Crippen LogP) is 0.341. The Morgan fingerprint density at radius 2 is 2.00 bits per heavy atom. The van der Waals surface area contributed by atoms with E-state index in [9.17, 15) is 23.2 Å². The van der Waals surface area contributed by atoms with Gasteiger partial charge in [0.15, 0.2) is 0 Å². The van der Waals surface area contributed by atoms with Crippen LogP contribution in [0.2, 0.25) is 0 Å². The van der Waals surface area contributed by atoms with Crippen LogP contribution in [0.1, 0.15) is 10.4 Å². The van der Waals surface area contributed by atoms with Gasteiger partial charge in [0.25, 0.3) is 11.8 Å². The number of urea groups is 1. The summed E-state index contributed by atoms with van der Waals surface area (Å²) in [6.45, 7) is 0.295. The van der Waals surface area contributed by atoms with Crippen LogP contribution in [0, 0.1) is 11.6 Å². The molecular weight excluding hydrogens is 284 g/mol. The molecule has 2 heterocycles. The predicted molar refractivity (Wildman–Crippen MR) is 66.3 cm³/mol. The average Bonchev–Trinajstić information content (AvgIpc) is 2.75. The largest absolute Gasteiger partial charge is 0.334 e. The Bertz CT molecular complexity index is 650. The fourth-order valence-corrected chi connectivity index (χ4v) is 2.53. The van der Waals surface area contributed by atoms with E-state index in [1.165, 1.54) is 9.80 Å². The maximum absolute atomic E-state index is 13.6. The molecule has 0 spiro atoms. The van der Waals surface area contributed by atoms with Crippen molar-refractivity contribution in [2.45, 2.75) is 6.04 Å². The van der Waals surface area contributed by atoms with E-state index in [0.29, 0.717) is 0 Å². The minimum absolute atomic E-state index is 0.0354. The molecule has 0 aromatic heterocycles. The topological polar surface area (TPSA) is 69.7 Å². The number of fused-ring (bicyclic) bond motifs is 1. The van der Waals surface area contributed by atoms with Gasteiger partial charge in [0.1, 0.15) is 17.7 Å². The first-order chi connectivity index (χ1) is 9.97. The molecule has 1 unspecified atom stereocenters. The Morgan fingerprint density at radius 1 is 1.24 bits per heavy atom. The molecule has 3 rings (SSSR count). The summed E-state index contributed by atoms with van der Waals surface area (Å²) in [5.41, 5.74) is -0.381. The van der Waals surface area contributed by atoms with Gasteiger partial charge < -0.3 is 9.80 Å². The first-order valence-corrected chi connectivity index (χ1v) is 6.33. The fourth-order valence-electron chi connectivity index (χ4n) is 2.53. The first-order valence-electron chi connectivity index (χ1n) is 6.33. The van der Waals surface area contributed by atoms with Crippen LogP contribution in [0.5, 0.6) is 0 Å². The number of hydrogen-bond donors (Lipinski definition) is 1. The monoisotopic (exact) mass is 295 g/mol. The van der Waals surface area contributed by atoms with Crippen LogP contribution < -0.4 is 5.32 Å². The van der Waals surface area contributed by atoms with Crippen molar-refractivity contribution in [2.24, 2.45) is 0 Å². The molecule has 2 aliphatic heterocycles. The van der Waals surface area contributed by atoms with E-state index in [1.54, 1.807) is 0 Å². The number of imide groups is 1. The minimum atomic E-state index is -0.823. The van der Waals surface area contributed by atoms with Crippen molar-refractivity contribution >= 4 is 17.8 Å². The molecule has 0 bridgehead atoms. The van der Waals surface area contributed by atoms with Crippen molar-refractivity contribution < 1.29 is 23.2 Å². The second kappa shape index (κ2) is 4.80. The number of carbonyl (C=O) groups is 3. The maximum Gasteiger partial charge on any atom is 0.324 e. The molecule has 0 aliphatic carbocycles. The zero-order chi connectivity index (χ0) is 15.1. The van der Waals surface area contributed by atoms with Crippen LogP contribution >= 0.6 is 0 Å². The van der Waals surface area contributed by atoms with E-state index in [0.717, 1.165) is 18.2 Å². The third-order valence-electron chi connectivity index (χ3n) is 3.62. The van der Waals surface area contributed by atoms with Crippen molar-refractivity contribution in [3.05, 3.63) is 35.4 Å². The maximum atomic E-state index is 13.6. The SMILES string of the molecule is O=C1NC(=O)N2CCN(C(=O)c3cc(F)ccc3F)CC12. The normalized spacial score (nSPS) is 21.3. The number of halogens is 2. The number of nitrogens with zero attached hydrogens (tertiary/aromatic N) is 2. The van der Waals surface area contributed by atoms with Crippen molar-refractivity contribution in [3.8, 4) is 0 Å². The lowest BCUT2D eigenvalue weighted by Crippen LogP contribution is -2.54. The molecule has 1 N–H and O–H groups in total. The molecule has 4 amide bonds. The molecular formula is C13H11F2N3O3. The molecule has 6 nitrogen and oxygen atoms in total. The highest BCUT2D eigenvalue weighted by Gasteiger charge is 2.43. The van der Waals surface area contributed by atoms with Crippen molar-refractivity contribution in [1.29, 1.82) is 0 Å². The van der Waals surface area contributed by atoms with Gasteiger partial charge in [-0.2, -0.15) is 0 Å². The van der Waals surface area contributed by atoms with Crippen LogP contribution in [0.15, 0.2) is 18.2 Å². The Hall–Kier alpha value is -2.51. The molecule has 21 heavy (non-hydrogen) atoms. The van der Waals surface area contributed by atoms with Gasteiger partial charge in [-0.1, -0.05) is 0 Å². The summed E-state index contributed by atoms with van der Waals surface area (Å²) in [7, 11) is 0. The molecule has 2 fully saturated rings. The van der Waals surface area contributed by atoms with E-state index >= 15 is 0 Å². The van der Waals surface area contributed by atoms with Gasteiger partial charge in [-0.15, -0.1) is 0 Å². The number of carbonyl (C=O) groups excluding carboxylic acids is 3. The lowest BCUT2D eigenvalue weighted by molar-refractivity contribution is -0.122. The Kier molecular flexibility index (Phi) is 3.08. The van der Waals surface area contributed by atoms with E-state index in [4.69, 9.17) is 0 Å². The minimum Gasteiger partial charge on any atom is -0.334 e. The van der Waals surface area contributed by atoms with Crippen LogP contribution in [-0.4, -0.2) is 53.3 Å². The Morgan fingerprint density at radius 3 is 2.76 bits per heavy atom. The summed E-state index contributed by atoms with van der Waals surface area (Å²) >= 11 is 0. The van der Waals surface area contributed by atoms with Crippen molar-refractivity contribution in [2.75, 3.05) is 19.6 Å². The number of hydrogen-bond acceptors (Lipinski definition) is 3. The zero-order valence-electron chi connectivity index (χ0n) is 10.8. The Labute approximate surface area is 118 Å². The molecule has 2 aliphatic rings. The lowest BCUT2D eigenvalue weighted by Gasteiger charge is -2.35. The van der Waals surface area contributed by atoms with Crippen LogP contribution in [0.3, 0.4) is 0 Å². The number of nitrogens with one attached hydrogen (secondary N) is 1. The van der Waals surface area contributed by atoms with E-state index in [-0.39, 0.29) is 25.2 Å². The van der Waals surface area contributed by atoms with Crippen molar-refractivity contribution in [3.63, 3.8) is 0 Å². The molecule has 2 saturated heterocycles. The van der Waals surface area contributed by atoms with Crippen molar-refractivity contribution in [1.82, 2.24) is 15.1 Å². The second-order valence-corrected chi connectivity index (χ2v) is 4.88. The molecule has 8 heteroatoms. The van der Waals surface area contributed by atoms with Gasteiger partial charge in [0.2, 0.25) is 0 Å². The average molecular weight is 295 g/mol. The highest BCUT2D eigenvalue weighted by molar-refractivity contribution is 6.05. The van der Waals surface area contributed by atoms with Gasteiger partial charge in [-0.3, -0.25) is 14.9 Å². The van der Waals surface area contributed by atoms with Crippen LogP contribution in [0.25, 0.3) is 0 Å². The van der Waals surface area contributed by atoms with E-state index in [1.807, 2.05) is 0 Å². The van der Waals surface area contributed by atoms with Crippen LogP contribution in [0.4, 0.5) is 13.6 Å². The first kappa shape index (κ1) is 13.5. The van der Waals surface area contributed by atoms with Gasteiger partial charge >= 0.3 is 6.03 Å².